The van der Waals surface area contributed by atoms with Crippen LogP contribution in [0.1, 0.15) is 20.3 Å². The topological polar surface area (TPSA) is 35.5 Å². The van der Waals surface area contributed by atoms with E-state index in [0.717, 1.165) is 19.5 Å². The Morgan fingerprint density at radius 3 is 2.67 bits per heavy atom. The van der Waals surface area contributed by atoms with Gasteiger partial charge in [0.2, 0.25) is 0 Å². The van der Waals surface area contributed by atoms with Gasteiger partial charge in [-0.1, -0.05) is 13.8 Å². The lowest BCUT2D eigenvalue weighted by Gasteiger charge is -2.38. The minimum atomic E-state index is 0.293. The van der Waals surface area contributed by atoms with Gasteiger partial charge in [-0.2, -0.15) is 0 Å². The molecule has 1 aliphatic rings. The summed E-state index contributed by atoms with van der Waals surface area (Å²) in [6.07, 6.45) is 1.05. The fraction of sp³-hybridized carbons (Fsp3) is 1.00. The van der Waals surface area contributed by atoms with Gasteiger partial charge in [-0.15, -0.1) is 0 Å². The van der Waals surface area contributed by atoms with Crippen molar-refractivity contribution in [1.82, 2.24) is 10.4 Å². The summed E-state index contributed by atoms with van der Waals surface area (Å²) >= 11 is 0. The van der Waals surface area contributed by atoms with Gasteiger partial charge in [0.15, 0.2) is 0 Å². The van der Waals surface area contributed by atoms with E-state index in [-0.39, 0.29) is 0 Å². The largest absolute Gasteiger partial charge is 0.317 e. The van der Waals surface area contributed by atoms with E-state index in [9.17, 15) is 0 Å². The number of hydrogen-bond donors (Lipinski definition) is 2. The Morgan fingerprint density at radius 1 is 1.50 bits per heavy atom. The molecule has 0 aromatic rings. The molecule has 2 unspecified atom stereocenters. The molecule has 1 heterocycles. The molecule has 2 atom stereocenters. The minimum Gasteiger partial charge on any atom is -0.317 e. The van der Waals surface area contributed by atoms with Gasteiger partial charge in [0, 0.05) is 12.6 Å². The van der Waals surface area contributed by atoms with E-state index in [1.165, 1.54) is 0 Å². The second kappa shape index (κ2) is 4.21. The quantitative estimate of drug-likeness (QED) is 0.609. The van der Waals surface area contributed by atoms with E-state index in [2.05, 4.69) is 31.3 Å². The van der Waals surface area contributed by atoms with Gasteiger partial charge in [0.25, 0.3) is 0 Å². The number of piperidine rings is 1. The van der Waals surface area contributed by atoms with Gasteiger partial charge in [0.1, 0.15) is 0 Å². The third-order valence-electron chi connectivity index (χ3n) is 2.88. The molecule has 2 N–H and O–H groups in total. The van der Waals surface area contributed by atoms with Gasteiger partial charge < -0.3 is 10.1 Å². The van der Waals surface area contributed by atoms with E-state index in [1.54, 1.807) is 0 Å². The Balaban J connectivity index is 2.52. The summed E-state index contributed by atoms with van der Waals surface area (Å²) in [7, 11) is 2.14. The second-order valence-electron chi connectivity index (χ2n) is 4.19. The average Bonchev–Trinajstić information content (AvgIpc) is 2.04. The first kappa shape index (κ1) is 9.96. The highest BCUT2D eigenvalue weighted by atomic mass is 16.5. The van der Waals surface area contributed by atoms with Crippen molar-refractivity contribution in [2.24, 2.45) is 11.8 Å². The molecule has 0 bridgehead atoms. The maximum Gasteiger partial charge on any atom is 0.0374 e. The van der Waals surface area contributed by atoms with Gasteiger partial charge >= 0.3 is 0 Å². The summed E-state index contributed by atoms with van der Waals surface area (Å²) in [6.45, 7) is 6.61. The minimum absolute atomic E-state index is 0.293. The molecular weight excluding hydrogens is 152 g/mol. The van der Waals surface area contributed by atoms with Gasteiger partial charge in [0.05, 0.1) is 0 Å². The van der Waals surface area contributed by atoms with Crippen molar-refractivity contribution in [3.05, 3.63) is 0 Å². The highest BCUT2D eigenvalue weighted by molar-refractivity contribution is 4.83. The Morgan fingerprint density at radius 2 is 2.17 bits per heavy atom. The molecule has 1 aliphatic heterocycles. The van der Waals surface area contributed by atoms with Gasteiger partial charge in [-0.05, 0) is 31.8 Å². The zero-order valence-electron chi connectivity index (χ0n) is 8.25. The van der Waals surface area contributed by atoms with Crippen LogP contribution in [0.3, 0.4) is 0 Å². The van der Waals surface area contributed by atoms with Crippen LogP contribution in [0.4, 0.5) is 0 Å². The van der Waals surface area contributed by atoms with Crippen LogP contribution in [-0.2, 0) is 0 Å². The molecule has 72 valence electrons. The van der Waals surface area contributed by atoms with Crippen LogP contribution in [0, 0.1) is 11.8 Å². The predicted molar refractivity (Wildman–Crippen MR) is 49.2 cm³/mol. The summed E-state index contributed by atoms with van der Waals surface area (Å²) in [6, 6.07) is 0.293. The lowest BCUT2D eigenvalue weighted by molar-refractivity contribution is 0.0361. The molecule has 3 heteroatoms. The maximum atomic E-state index is 8.93. The fourth-order valence-electron chi connectivity index (χ4n) is 1.99. The molecule has 1 saturated heterocycles. The molecule has 3 nitrogen and oxygen atoms in total. The molecule has 12 heavy (non-hydrogen) atoms. The van der Waals surface area contributed by atoms with E-state index in [0.29, 0.717) is 17.9 Å². The first-order valence-electron chi connectivity index (χ1n) is 4.73. The van der Waals surface area contributed by atoms with Crippen LogP contribution < -0.4 is 5.48 Å². The van der Waals surface area contributed by atoms with Crippen molar-refractivity contribution in [1.29, 1.82) is 0 Å². The monoisotopic (exact) mass is 172 g/mol. The smallest absolute Gasteiger partial charge is 0.0374 e. The van der Waals surface area contributed by atoms with E-state index in [4.69, 9.17) is 5.21 Å². The van der Waals surface area contributed by atoms with Crippen molar-refractivity contribution in [3.63, 3.8) is 0 Å². The van der Waals surface area contributed by atoms with Crippen molar-refractivity contribution in [3.8, 4) is 0 Å². The lowest BCUT2D eigenvalue weighted by Crippen LogP contribution is -2.49. The summed E-state index contributed by atoms with van der Waals surface area (Å²) in [5, 5.41) is 8.93. The lowest BCUT2D eigenvalue weighted by atomic mass is 9.84. The Labute approximate surface area is 74.7 Å². The standard InChI is InChI=1S/C9H20N2O/c1-7(2)8-6-11(3)5-4-9(8)10-12/h7-10,12H,4-6H2,1-3H3. The number of hydrogen-bond acceptors (Lipinski definition) is 3. The molecule has 1 rings (SSSR count). The van der Waals surface area contributed by atoms with Crippen molar-refractivity contribution in [2.75, 3.05) is 20.1 Å². The van der Waals surface area contributed by atoms with E-state index >= 15 is 0 Å². The van der Waals surface area contributed by atoms with Crippen molar-refractivity contribution < 1.29 is 5.21 Å². The normalized spacial score (nSPS) is 32.8. The van der Waals surface area contributed by atoms with Crippen LogP contribution in [0.2, 0.25) is 0 Å². The molecule has 1 fully saturated rings. The molecule has 0 aromatic heterocycles. The molecule has 0 amide bonds. The number of nitrogens with zero attached hydrogens (tertiary/aromatic N) is 1. The van der Waals surface area contributed by atoms with Crippen LogP contribution >= 0.6 is 0 Å². The first-order valence-corrected chi connectivity index (χ1v) is 4.73. The van der Waals surface area contributed by atoms with Gasteiger partial charge in [-0.3, -0.25) is 0 Å². The third kappa shape index (κ3) is 2.19. The molecule has 0 saturated carbocycles. The van der Waals surface area contributed by atoms with Crippen LogP contribution in [0.15, 0.2) is 0 Å². The fourth-order valence-corrected chi connectivity index (χ4v) is 1.99. The number of rotatable bonds is 2. The molecular formula is C9H20N2O. The maximum absolute atomic E-state index is 8.93. The molecule has 0 radical (unpaired) electrons. The molecule has 0 aromatic carbocycles. The van der Waals surface area contributed by atoms with E-state index < -0.39 is 0 Å². The highest BCUT2D eigenvalue weighted by Gasteiger charge is 2.29. The Kier molecular flexibility index (Phi) is 3.50. The number of likely N-dealkylation sites (tertiary alicyclic amines) is 1. The predicted octanol–water partition coefficient (Wildman–Crippen LogP) is 0.942. The van der Waals surface area contributed by atoms with Crippen LogP contribution in [0.5, 0.6) is 0 Å². The summed E-state index contributed by atoms with van der Waals surface area (Å²) in [4.78, 5) is 2.33. The first-order chi connectivity index (χ1) is 5.65. The Hall–Kier alpha value is -0.120. The van der Waals surface area contributed by atoms with Crippen LogP contribution in [0.25, 0.3) is 0 Å². The average molecular weight is 172 g/mol. The Bertz CT molecular complexity index is 138. The van der Waals surface area contributed by atoms with E-state index in [1.807, 2.05) is 0 Å². The summed E-state index contributed by atoms with van der Waals surface area (Å²) < 4.78 is 0. The SMILES string of the molecule is CC(C)C1CN(C)CCC1NO. The molecule has 0 aliphatic carbocycles. The third-order valence-corrected chi connectivity index (χ3v) is 2.88. The highest BCUT2D eigenvalue weighted by Crippen LogP contribution is 2.22. The summed E-state index contributed by atoms with van der Waals surface area (Å²) in [5.41, 5.74) is 2.43. The van der Waals surface area contributed by atoms with Crippen molar-refractivity contribution in [2.45, 2.75) is 26.3 Å². The zero-order chi connectivity index (χ0) is 9.14. The zero-order valence-corrected chi connectivity index (χ0v) is 8.25. The molecule has 0 spiro atoms. The number of hydroxylamine groups is 1. The second-order valence-corrected chi connectivity index (χ2v) is 4.19. The number of nitrogens with one attached hydrogen (secondary N) is 1. The summed E-state index contributed by atoms with van der Waals surface area (Å²) in [5.74, 6) is 1.21. The van der Waals surface area contributed by atoms with Crippen LogP contribution in [-0.4, -0.2) is 36.3 Å². The van der Waals surface area contributed by atoms with Gasteiger partial charge in [-0.25, -0.2) is 5.48 Å². The van der Waals surface area contributed by atoms with Crippen molar-refractivity contribution >= 4 is 0 Å².